The molecular formula is C10H7IN6. The summed E-state index contributed by atoms with van der Waals surface area (Å²) in [7, 11) is 0. The molecule has 0 saturated carbocycles. The van der Waals surface area contributed by atoms with E-state index in [-0.39, 0.29) is 0 Å². The third kappa shape index (κ3) is 1.82. The molecule has 6 nitrogen and oxygen atoms in total. The Morgan fingerprint density at radius 2 is 2.06 bits per heavy atom. The summed E-state index contributed by atoms with van der Waals surface area (Å²) in [5.74, 6) is 0.552. The number of hydrogen-bond donors (Lipinski definition) is 1. The van der Waals surface area contributed by atoms with Crippen molar-refractivity contribution in [3.05, 3.63) is 34.4 Å². The van der Waals surface area contributed by atoms with Crippen LogP contribution in [0, 0.1) is 3.57 Å². The van der Waals surface area contributed by atoms with Crippen LogP contribution >= 0.6 is 22.6 Å². The smallest absolute Gasteiger partial charge is 0.251 e. The monoisotopic (exact) mass is 338 g/mol. The molecule has 0 aliphatic rings. The molecule has 7 heteroatoms. The van der Waals surface area contributed by atoms with Crippen molar-refractivity contribution >= 4 is 34.1 Å². The molecule has 3 aromatic heterocycles. The van der Waals surface area contributed by atoms with E-state index < -0.39 is 0 Å². The molecule has 3 aromatic rings. The number of imidazole rings is 1. The van der Waals surface area contributed by atoms with Crippen LogP contribution in [0.25, 0.3) is 17.2 Å². The lowest BCUT2D eigenvalue weighted by atomic mass is 10.3. The molecule has 3 rings (SSSR count). The van der Waals surface area contributed by atoms with Gasteiger partial charge in [-0.1, -0.05) is 0 Å². The molecule has 0 aliphatic carbocycles. The average Bonchev–Trinajstić information content (AvgIpc) is 2.76. The van der Waals surface area contributed by atoms with Crippen molar-refractivity contribution < 1.29 is 0 Å². The highest BCUT2D eigenvalue weighted by Crippen LogP contribution is 2.21. The first kappa shape index (κ1) is 10.4. The summed E-state index contributed by atoms with van der Waals surface area (Å²) >= 11 is 2.16. The van der Waals surface area contributed by atoms with E-state index in [1.165, 1.54) is 0 Å². The van der Waals surface area contributed by atoms with Crippen molar-refractivity contribution in [2.24, 2.45) is 0 Å². The molecule has 0 atom stereocenters. The van der Waals surface area contributed by atoms with Crippen LogP contribution in [0.4, 0.5) is 5.69 Å². The molecule has 0 saturated heterocycles. The van der Waals surface area contributed by atoms with E-state index in [1.807, 2.05) is 6.07 Å². The van der Waals surface area contributed by atoms with E-state index >= 15 is 0 Å². The van der Waals surface area contributed by atoms with Gasteiger partial charge in [0.25, 0.3) is 5.78 Å². The van der Waals surface area contributed by atoms with Gasteiger partial charge in [-0.25, -0.2) is 14.5 Å². The van der Waals surface area contributed by atoms with Gasteiger partial charge in [0.2, 0.25) is 0 Å². The minimum Gasteiger partial charge on any atom is -0.397 e. The third-order valence-electron chi connectivity index (χ3n) is 2.26. The van der Waals surface area contributed by atoms with Gasteiger partial charge >= 0.3 is 0 Å². The highest BCUT2D eigenvalue weighted by atomic mass is 127. The number of pyridine rings is 1. The van der Waals surface area contributed by atoms with Crippen LogP contribution in [0.15, 0.2) is 30.9 Å². The molecule has 0 aliphatic heterocycles. The fourth-order valence-corrected chi connectivity index (χ4v) is 1.88. The van der Waals surface area contributed by atoms with E-state index in [4.69, 9.17) is 5.73 Å². The van der Waals surface area contributed by atoms with E-state index in [1.54, 1.807) is 29.3 Å². The van der Waals surface area contributed by atoms with Crippen molar-refractivity contribution in [2.75, 3.05) is 5.73 Å². The first-order valence-electron chi connectivity index (χ1n) is 4.82. The Morgan fingerprint density at radius 1 is 1.18 bits per heavy atom. The summed E-state index contributed by atoms with van der Waals surface area (Å²) in [5.41, 5.74) is 7.87. The van der Waals surface area contributed by atoms with Gasteiger partial charge in [-0.2, -0.15) is 5.10 Å². The number of anilines is 1. The Labute approximate surface area is 110 Å². The highest BCUT2D eigenvalue weighted by molar-refractivity contribution is 14.1. The van der Waals surface area contributed by atoms with Gasteiger partial charge < -0.3 is 5.73 Å². The van der Waals surface area contributed by atoms with Crippen LogP contribution in [0.2, 0.25) is 0 Å². The van der Waals surface area contributed by atoms with E-state index in [2.05, 4.69) is 42.6 Å². The number of hydrogen-bond acceptors (Lipinski definition) is 5. The second-order valence-corrected chi connectivity index (χ2v) is 4.57. The zero-order chi connectivity index (χ0) is 11.8. The van der Waals surface area contributed by atoms with Gasteiger partial charge in [0, 0.05) is 3.57 Å². The third-order valence-corrected chi connectivity index (χ3v) is 3.20. The average molecular weight is 338 g/mol. The zero-order valence-electron chi connectivity index (χ0n) is 8.58. The van der Waals surface area contributed by atoms with Gasteiger partial charge in [0.15, 0.2) is 0 Å². The lowest BCUT2D eigenvalue weighted by Crippen LogP contribution is -1.92. The van der Waals surface area contributed by atoms with Crippen molar-refractivity contribution in [3.63, 3.8) is 0 Å². The maximum absolute atomic E-state index is 5.72. The summed E-state index contributed by atoms with van der Waals surface area (Å²) in [4.78, 5) is 12.7. The number of nitrogens with two attached hydrogens (primary N) is 1. The molecule has 0 aromatic carbocycles. The predicted molar refractivity (Wildman–Crippen MR) is 71.1 cm³/mol. The topological polar surface area (TPSA) is 82.0 Å². The van der Waals surface area contributed by atoms with Gasteiger partial charge in [0.05, 0.1) is 36.2 Å². The van der Waals surface area contributed by atoms with E-state index in [0.29, 0.717) is 11.5 Å². The number of aromatic nitrogens is 5. The highest BCUT2D eigenvalue weighted by Gasteiger charge is 2.08. The Kier molecular flexibility index (Phi) is 2.39. The SMILES string of the molecule is Nc1cnc(-c2cn3nccnc3n2)cc1I. The molecule has 3 heterocycles. The lowest BCUT2D eigenvalue weighted by molar-refractivity contribution is 0.902. The summed E-state index contributed by atoms with van der Waals surface area (Å²) in [6, 6.07) is 1.89. The van der Waals surface area contributed by atoms with Crippen molar-refractivity contribution in [1.29, 1.82) is 0 Å². The molecule has 0 unspecified atom stereocenters. The number of rotatable bonds is 1. The maximum atomic E-state index is 5.72. The van der Waals surface area contributed by atoms with Gasteiger partial charge in [0.1, 0.15) is 5.69 Å². The maximum Gasteiger partial charge on any atom is 0.251 e. The van der Waals surface area contributed by atoms with E-state index in [9.17, 15) is 0 Å². The van der Waals surface area contributed by atoms with Crippen LogP contribution in [0.3, 0.4) is 0 Å². The summed E-state index contributed by atoms with van der Waals surface area (Å²) < 4.78 is 2.56. The van der Waals surface area contributed by atoms with Crippen LogP contribution in [0.1, 0.15) is 0 Å². The fourth-order valence-electron chi connectivity index (χ4n) is 1.44. The Hall–Kier alpha value is -1.77. The molecule has 0 fully saturated rings. The van der Waals surface area contributed by atoms with Gasteiger partial charge in [-0.15, -0.1) is 0 Å². The molecule has 0 spiro atoms. The molecule has 84 valence electrons. The summed E-state index contributed by atoms with van der Waals surface area (Å²) in [5, 5.41) is 4.10. The van der Waals surface area contributed by atoms with E-state index in [0.717, 1.165) is 15.0 Å². The second kappa shape index (κ2) is 3.91. The second-order valence-electron chi connectivity index (χ2n) is 3.40. The summed E-state index contributed by atoms with van der Waals surface area (Å²) in [6.45, 7) is 0. The standard InChI is InChI=1S/C10H7IN6/c11-6-3-8(14-4-7(6)12)9-5-17-10(16-9)13-1-2-15-17/h1-5H,12H2. The summed E-state index contributed by atoms with van der Waals surface area (Å²) in [6.07, 6.45) is 6.63. The number of fused-ring (bicyclic) bond motifs is 1. The molecule has 0 amide bonds. The molecule has 0 radical (unpaired) electrons. The van der Waals surface area contributed by atoms with Gasteiger partial charge in [-0.05, 0) is 28.7 Å². The Balaban J connectivity index is 2.17. The Morgan fingerprint density at radius 3 is 2.82 bits per heavy atom. The van der Waals surface area contributed by atoms with Crippen molar-refractivity contribution in [2.45, 2.75) is 0 Å². The Bertz CT molecular complexity index is 659. The molecule has 0 bridgehead atoms. The normalized spacial score (nSPS) is 10.9. The molecule has 2 N–H and O–H groups in total. The molecular weight excluding hydrogens is 331 g/mol. The number of nitrogen functional groups attached to an aromatic ring is 1. The zero-order valence-corrected chi connectivity index (χ0v) is 10.7. The molecule has 17 heavy (non-hydrogen) atoms. The predicted octanol–water partition coefficient (Wildman–Crippen LogP) is 1.37. The van der Waals surface area contributed by atoms with Crippen LogP contribution in [-0.2, 0) is 0 Å². The van der Waals surface area contributed by atoms with Crippen LogP contribution < -0.4 is 5.73 Å². The quantitative estimate of drug-likeness (QED) is 0.678. The fraction of sp³-hybridized carbons (Fsp3) is 0. The first-order valence-corrected chi connectivity index (χ1v) is 5.90. The number of nitrogens with zero attached hydrogens (tertiary/aromatic N) is 5. The number of halogens is 1. The van der Waals surface area contributed by atoms with Crippen molar-refractivity contribution in [1.82, 2.24) is 24.6 Å². The lowest BCUT2D eigenvalue weighted by Gasteiger charge is -1.99. The minimum atomic E-state index is 0.552. The van der Waals surface area contributed by atoms with Crippen LogP contribution in [0.5, 0.6) is 0 Å². The van der Waals surface area contributed by atoms with Crippen LogP contribution in [-0.4, -0.2) is 24.6 Å². The minimum absolute atomic E-state index is 0.552. The largest absolute Gasteiger partial charge is 0.397 e. The van der Waals surface area contributed by atoms with Crippen molar-refractivity contribution in [3.8, 4) is 11.4 Å². The first-order chi connectivity index (χ1) is 8.24. The van der Waals surface area contributed by atoms with Gasteiger partial charge in [-0.3, -0.25) is 4.98 Å².